The molecule has 0 unspecified atom stereocenters. The molecule has 0 aromatic carbocycles. The number of sulfonamides is 1. The molecule has 1 aliphatic rings. The summed E-state index contributed by atoms with van der Waals surface area (Å²) in [6.45, 7) is 3.96. The molecule has 0 aliphatic carbocycles. The molecule has 0 radical (unpaired) electrons. The zero-order valence-corrected chi connectivity index (χ0v) is 11.8. The molecule has 1 fully saturated rings. The first-order valence-corrected chi connectivity index (χ1v) is 7.81. The van der Waals surface area contributed by atoms with Gasteiger partial charge in [0.15, 0.2) is 0 Å². The largest absolute Gasteiger partial charge is 0.353 e. The molecule has 100 valence electrons. The fourth-order valence-electron chi connectivity index (χ4n) is 1.86. The van der Waals surface area contributed by atoms with E-state index in [4.69, 9.17) is 11.6 Å². The summed E-state index contributed by atoms with van der Waals surface area (Å²) in [6, 6.07) is 0. The first-order valence-electron chi connectivity index (χ1n) is 5.67. The van der Waals surface area contributed by atoms with Crippen molar-refractivity contribution in [3.05, 3.63) is 0 Å². The topological polar surface area (TPSA) is 66.5 Å². The van der Waals surface area contributed by atoms with Crippen molar-refractivity contribution in [1.29, 1.82) is 0 Å². The number of piperazine rings is 1. The van der Waals surface area contributed by atoms with Gasteiger partial charge in [-0.1, -0.05) is 0 Å². The Morgan fingerprint density at radius 2 is 2.06 bits per heavy atom. The van der Waals surface area contributed by atoms with Gasteiger partial charge in [0.2, 0.25) is 15.9 Å². The SMILES string of the molecule is CC1(C)C(=O)NCCN1S(=O)(=O)CCCCCl. The van der Waals surface area contributed by atoms with Gasteiger partial charge < -0.3 is 5.32 Å². The molecular weight excluding hydrogens is 264 g/mol. The Hall–Kier alpha value is -0.330. The molecule has 17 heavy (non-hydrogen) atoms. The van der Waals surface area contributed by atoms with Gasteiger partial charge in [-0.3, -0.25) is 4.79 Å². The van der Waals surface area contributed by atoms with Gasteiger partial charge in [0, 0.05) is 19.0 Å². The molecule has 5 nitrogen and oxygen atoms in total. The number of nitrogens with one attached hydrogen (secondary N) is 1. The van der Waals surface area contributed by atoms with Gasteiger partial charge in [0.1, 0.15) is 5.54 Å². The zero-order chi connectivity index (χ0) is 13.1. The summed E-state index contributed by atoms with van der Waals surface area (Å²) >= 11 is 5.52. The fourth-order valence-corrected chi connectivity index (χ4v) is 3.98. The van der Waals surface area contributed by atoms with Crippen molar-refractivity contribution in [3.8, 4) is 0 Å². The van der Waals surface area contributed by atoms with E-state index >= 15 is 0 Å². The van der Waals surface area contributed by atoms with Crippen LogP contribution in [0.5, 0.6) is 0 Å². The van der Waals surface area contributed by atoms with Gasteiger partial charge in [-0.15, -0.1) is 11.6 Å². The molecular formula is C10H19ClN2O3S. The van der Waals surface area contributed by atoms with Crippen LogP contribution in [0.15, 0.2) is 0 Å². The van der Waals surface area contributed by atoms with Crippen molar-refractivity contribution in [3.63, 3.8) is 0 Å². The van der Waals surface area contributed by atoms with Crippen molar-refractivity contribution in [2.75, 3.05) is 24.7 Å². The third-order valence-corrected chi connectivity index (χ3v) is 5.28. The van der Waals surface area contributed by atoms with Crippen LogP contribution in [0.2, 0.25) is 0 Å². The Balaban J connectivity index is 2.79. The van der Waals surface area contributed by atoms with Gasteiger partial charge in [0.05, 0.1) is 5.75 Å². The van der Waals surface area contributed by atoms with Crippen molar-refractivity contribution in [2.45, 2.75) is 32.2 Å². The molecule has 1 aliphatic heterocycles. The van der Waals surface area contributed by atoms with Gasteiger partial charge in [0.25, 0.3) is 0 Å². The van der Waals surface area contributed by atoms with Gasteiger partial charge in [-0.25, -0.2) is 8.42 Å². The number of carbonyl (C=O) groups excluding carboxylic acids is 1. The van der Waals surface area contributed by atoms with E-state index < -0.39 is 15.6 Å². The monoisotopic (exact) mass is 282 g/mol. The molecule has 0 aromatic rings. The second-order valence-corrected chi connectivity index (χ2v) is 6.99. The van der Waals surface area contributed by atoms with E-state index in [-0.39, 0.29) is 11.7 Å². The van der Waals surface area contributed by atoms with Crippen molar-refractivity contribution >= 4 is 27.5 Å². The predicted molar refractivity (Wildman–Crippen MR) is 67.5 cm³/mol. The summed E-state index contributed by atoms with van der Waals surface area (Å²) in [4.78, 5) is 11.7. The lowest BCUT2D eigenvalue weighted by Crippen LogP contribution is -2.63. The van der Waals surface area contributed by atoms with E-state index in [9.17, 15) is 13.2 Å². The van der Waals surface area contributed by atoms with Crippen LogP contribution in [0.25, 0.3) is 0 Å². The van der Waals surface area contributed by atoms with Crippen LogP contribution in [-0.4, -0.2) is 48.9 Å². The quantitative estimate of drug-likeness (QED) is 0.591. The predicted octanol–water partition coefficient (Wildman–Crippen LogP) is 0.546. The first-order chi connectivity index (χ1) is 7.82. The average Bonchev–Trinajstić information content (AvgIpc) is 2.22. The minimum absolute atomic E-state index is 0.0520. The number of hydrogen-bond acceptors (Lipinski definition) is 3. The molecule has 1 saturated heterocycles. The Bertz CT molecular complexity index is 381. The summed E-state index contributed by atoms with van der Waals surface area (Å²) in [5.74, 6) is 0.264. The molecule has 1 amide bonds. The Kier molecular flexibility index (Phi) is 4.80. The molecule has 0 saturated carbocycles. The summed E-state index contributed by atoms with van der Waals surface area (Å²) in [7, 11) is -3.38. The van der Waals surface area contributed by atoms with Crippen LogP contribution < -0.4 is 5.32 Å². The van der Waals surface area contributed by atoms with Gasteiger partial charge in [-0.05, 0) is 26.7 Å². The highest BCUT2D eigenvalue weighted by molar-refractivity contribution is 7.89. The van der Waals surface area contributed by atoms with Gasteiger partial charge >= 0.3 is 0 Å². The average molecular weight is 283 g/mol. The van der Waals surface area contributed by atoms with Crippen LogP contribution in [-0.2, 0) is 14.8 Å². The smallest absolute Gasteiger partial charge is 0.241 e. The lowest BCUT2D eigenvalue weighted by Gasteiger charge is -2.39. The normalized spacial score (nSPS) is 21.2. The van der Waals surface area contributed by atoms with Crippen LogP contribution in [0.4, 0.5) is 0 Å². The highest BCUT2D eigenvalue weighted by Gasteiger charge is 2.43. The van der Waals surface area contributed by atoms with Crippen LogP contribution in [0.3, 0.4) is 0 Å². The molecule has 0 aromatic heterocycles. The first kappa shape index (κ1) is 14.7. The standard InChI is InChI=1S/C10H19ClN2O3S/c1-10(2)9(14)12-6-7-13(10)17(15,16)8-4-3-5-11/h3-8H2,1-2H3,(H,12,14). The molecule has 0 atom stereocenters. The van der Waals surface area contributed by atoms with E-state index in [1.54, 1.807) is 13.8 Å². The highest BCUT2D eigenvalue weighted by Crippen LogP contribution is 2.22. The molecule has 0 spiro atoms. The number of rotatable bonds is 5. The lowest BCUT2D eigenvalue weighted by molar-refractivity contribution is -0.131. The molecule has 7 heteroatoms. The Labute approximate surface area is 108 Å². The van der Waals surface area contributed by atoms with Crippen molar-refractivity contribution in [2.24, 2.45) is 0 Å². The molecule has 1 rings (SSSR count). The van der Waals surface area contributed by atoms with Crippen molar-refractivity contribution in [1.82, 2.24) is 9.62 Å². The number of halogens is 1. The van der Waals surface area contributed by atoms with E-state index in [0.29, 0.717) is 31.8 Å². The van der Waals surface area contributed by atoms with Crippen molar-refractivity contribution < 1.29 is 13.2 Å². The summed E-state index contributed by atoms with van der Waals surface area (Å²) in [5.41, 5.74) is -1.00. The minimum Gasteiger partial charge on any atom is -0.353 e. The van der Waals surface area contributed by atoms with Gasteiger partial charge in [-0.2, -0.15) is 4.31 Å². The van der Waals surface area contributed by atoms with E-state index in [1.807, 2.05) is 0 Å². The number of carbonyl (C=O) groups is 1. The second kappa shape index (κ2) is 5.54. The number of amides is 1. The molecule has 1 N–H and O–H groups in total. The third-order valence-electron chi connectivity index (χ3n) is 2.90. The number of hydrogen-bond donors (Lipinski definition) is 1. The van der Waals surface area contributed by atoms with E-state index in [0.717, 1.165) is 0 Å². The zero-order valence-electron chi connectivity index (χ0n) is 10.2. The summed E-state index contributed by atoms with van der Waals surface area (Å²) in [6.07, 6.45) is 1.20. The number of alkyl halides is 1. The Morgan fingerprint density at radius 1 is 1.41 bits per heavy atom. The van der Waals surface area contributed by atoms with Crippen LogP contribution in [0, 0.1) is 0 Å². The summed E-state index contributed by atoms with van der Waals surface area (Å²) in [5, 5.41) is 2.68. The van der Waals surface area contributed by atoms with Crippen LogP contribution in [0.1, 0.15) is 26.7 Å². The second-order valence-electron chi connectivity index (χ2n) is 4.60. The Morgan fingerprint density at radius 3 is 2.65 bits per heavy atom. The van der Waals surface area contributed by atoms with E-state index in [1.165, 1.54) is 4.31 Å². The van der Waals surface area contributed by atoms with E-state index in [2.05, 4.69) is 5.32 Å². The molecule has 1 heterocycles. The fraction of sp³-hybridized carbons (Fsp3) is 0.900. The third kappa shape index (κ3) is 3.33. The van der Waals surface area contributed by atoms with Crippen LogP contribution >= 0.6 is 11.6 Å². The maximum Gasteiger partial charge on any atom is 0.241 e. The highest BCUT2D eigenvalue weighted by atomic mass is 35.5. The number of nitrogens with zero attached hydrogens (tertiary/aromatic N) is 1. The molecule has 0 bridgehead atoms. The number of unbranched alkanes of at least 4 members (excludes halogenated alkanes) is 1. The maximum atomic E-state index is 12.1. The lowest BCUT2D eigenvalue weighted by atomic mass is 10.0. The minimum atomic E-state index is -3.38. The summed E-state index contributed by atoms with van der Waals surface area (Å²) < 4.78 is 25.5. The maximum absolute atomic E-state index is 12.1.